The highest BCUT2D eigenvalue weighted by Crippen LogP contribution is 2.26. The fraction of sp³-hybridized carbons (Fsp3) is 0.143. The zero-order chi connectivity index (χ0) is 14.7. The monoisotopic (exact) mass is 335 g/mol. The van der Waals surface area contributed by atoms with Gasteiger partial charge in [0.15, 0.2) is 0 Å². The van der Waals surface area contributed by atoms with E-state index in [4.69, 9.17) is 10.5 Å². The molecule has 6 heteroatoms. The fourth-order valence-electron chi connectivity index (χ4n) is 1.59. The number of pyridine rings is 1. The summed E-state index contributed by atoms with van der Waals surface area (Å²) in [5.74, 6) is 0.879. The molecule has 0 bridgehead atoms. The van der Waals surface area contributed by atoms with Gasteiger partial charge in [-0.25, -0.2) is 4.98 Å². The molecular weight excluding hydrogens is 322 g/mol. The van der Waals surface area contributed by atoms with Crippen molar-refractivity contribution in [1.82, 2.24) is 9.88 Å². The maximum atomic E-state index is 11.7. The van der Waals surface area contributed by atoms with E-state index in [0.29, 0.717) is 22.9 Å². The molecule has 0 fully saturated rings. The molecule has 2 N–H and O–H groups in total. The molecule has 1 amide bonds. The number of hydrogen-bond acceptors (Lipinski definition) is 4. The summed E-state index contributed by atoms with van der Waals surface area (Å²) in [7, 11) is 3.38. The normalized spacial score (nSPS) is 10.2. The van der Waals surface area contributed by atoms with E-state index in [1.165, 1.54) is 11.1 Å². The van der Waals surface area contributed by atoms with Gasteiger partial charge in [0.05, 0.1) is 5.56 Å². The van der Waals surface area contributed by atoms with Gasteiger partial charge in [-0.1, -0.05) is 15.9 Å². The van der Waals surface area contributed by atoms with E-state index in [-0.39, 0.29) is 5.91 Å². The molecule has 1 aromatic carbocycles. The molecule has 0 atom stereocenters. The van der Waals surface area contributed by atoms with Crippen LogP contribution in [0.5, 0.6) is 11.6 Å². The maximum Gasteiger partial charge on any atom is 0.254 e. The van der Waals surface area contributed by atoms with Crippen molar-refractivity contribution < 1.29 is 9.53 Å². The first-order valence-corrected chi connectivity index (χ1v) is 6.66. The Bertz CT molecular complexity index is 607. The molecule has 0 saturated carbocycles. The van der Waals surface area contributed by atoms with Crippen LogP contribution >= 0.6 is 15.9 Å². The van der Waals surface area contributed by atoms with Crippen LogP contribution in [-0.2, 0) is 0 Å². The molecule has 0 saturated heterocycles. The highest BCUT2D eigenvalue weighted by atomic mass is 79.9. The van der Waals surface area contributed by atoms with E-state index in [0.717, 1.165) is 4.47 Å². The van der Waals surface area contributed by atoms with Gasteiger partial charge in [-0.2, -0.15) is 0 Å². The third-order valence-corrected chi connectivity index (χ3v) is 2.96. The summed E-state index contributed by atoms with van der Waals surface area (Å²) in [6.07, 6.45) is 1.49. The second-order valence-electron chi connectivity index (χ2n) is 4.41. The number of nitrogen functional groups attached to an aromatic ring is 1. The van der Waals surface area contributed by atoms with Crippen LogP contribution in [0.1, 0.15) is 10.4 Å². The molecule has 1 heterocycles. The van der Waals surface area contributed by atoms with Crippen LogP contribution in [0.2, 0.25) is 0 Å². The number of anilines is 1. The van der Waals surface area contributed by atoms with Gasteiger partial charge in [0.25, 0.3) is 5.91 Å². The van der Waals surface area contributed by atoms with Crippen LogP contribution in [0.25, 0.3) is 0 Å². The van der Waals surface area contributed by atoms with Gasteiger partial charge in [-0.3, -0.25) is 4.79 Å². The minimum Gasteiger partial charge on any atom is -0.439 e. The summed E-state index contributed by atoms with van der Waals surface area (Å²) >= 11 is 3.34. The number of nitrogens with two attached hydrogens (primary N) is 1. The number of amides is 1. The quantitative estimate of drug-likeness (QED) is 0.875. The van der Waals surface area contributed by atoms with Crippen LogP contribution in [-0.4, -0.2) is 29.9 Å². The summed E-state index contributed by atoms with van der Waals surface area (Å²) in [5.41, 5.74) is 6.83. The summed E-state index contributed by atoms with van der Waals surface area (Å²) < 4.78 is 6.42. The van der Waals surface area contributed by atoms with E-state index in [9.17, 15) is 4.79 Å². The Morgan fingerprint density at radius 1 is 1.30 bits per heavy atom. The van der Waals surface area contributed by atoms with Crippen molar-refractivity contribution in [3.63, 3.8) is 0 Å². The molecule has 104 valence electrons. The highest BCUT2D eigenvalue weighted by molar-refractivity contribution is 9.10. The summed E-state index contributed by atoms with van der Waals surface area (Å²) in [6, 6.07) is 8.58. The number of hydrogen-bond donors (Lipinski definition) is 1. The van der Waals surface area contributed by atoms with E-state index in [2.05, 4.69) is 20.9 Å². The number of ether oxygens (including phenoxy) is 1. The molecule has 5 nitrogen and oxygen atoms in total. The zero-order valence-electron chi connectivity index (χ0n) is 11.1. The molecule has 0 unspecified atom stereocenters. The van der Waals surface area contributed by atoms with Gasteiger partial charge in [0.1, 0.15) is 5.75 Å². The average Bonchev–Trinajstić information content (AvgIpc) is 2.37. The van der Waals surface area contributed by atoms with Gasteiger partial charge >= 0.3 is 0 Å². The Morgan fingerprint density at radius 3 is 2.60 bits per heavy atom. The van der Waals surface area contributed by atoms with E-state index in [1.54, 1.807) is 44.4 Å². The van der Waals surface area contributed by atoms with Crippen LogP contribution < -0.4 is 10.5 Å². The number of rotatable bonds is 3. The van der Waals surface area contributed by atoms with E-state index in [1.807, 2.05) is 0 Å². The topological polar surface area (TPSA) is 68.5 Å². The smallest absolute Gasteiger partial charge is 0.254 e. The van der Waals surface area contributed by atoms with Crippen molar-refractivity contribution >= 4 is 27.5 Å². The van der Waals surface area contributed by atoms with Gasteiger partial charge in [0, 0.05) is 42.6 Å². The van der Waals surface area contributed by atoms with Crippen LogP contribution in [0.4, 0.5) is 5.69 Å². The van der Waals surface area contributed by atoms with E-state index >= 15 is 0 Å². The second kappa shape index (κ2) is 5.92. The van der Waals surface area contributed by atoms with Crippen molar-refractivity contribution in [1.29, 1.82) is 0 Å². The predicted molar refractivity (Wildman–Crippen MR) is 80.9 cm³/mol. The molecule has 2 rings (SSSR count). The minimum atomic E-state index is -0.101. The number of aromatic nitrogens is 1. The highest BCUT2D eigenvalue weighted by Gasteiger charge is 2.09. The Labute approximate surface area is 125 Å². The van der Waals surface area contributed by atoms with E-state index < -0.39 is 0 Å². The van der Waals surface area contributed by atoms with Gasteiger partial charge in [0.2, 0.25) is 5.88 Å². The molecule has 0 aliphatic carbocycles. The zero-order valence-corrected chi connectivity index (χ0v) is 12.7. The van der Waals surface area contributed by atoms with Crippen molar-refractivity contribution in [2.24, 2.45) is 0 Å². The average molecular weight is 336 g/mol. The Balaban J connectivity index is 2.16. The molecular formula is C14H14BrN3O2. The van der Waals surface area contributed by atoms with Crippen molar-refractivity contribution in [3.05, 3.63) is 46.6 Å². The number of benzene rings is 1. The number of carbonyl (C=O) groups excluding carboxylic acids is 1. The molecule has 0 radical (unpaired) electrons. The predicted octanol–water partition coefficient (Wildman–Crippen LogP) is 2.92. The second-order valence-corrected chi connectivity index (χ2v) is 5.32. The lowest BCUT2D eigenvalue weighted by molar-refractivity contribution is 0.0827. The summed E-state index contributed by atoms with van der Waals surface area (Å²) in [5, 5.41) is 0. The first kappa shape index (κ1) is 14.3. The number of carbonyl (C=O) groups is 1. The van der Waals surface area contributed by atoms with Crippen LogP contribution in [0, 0.1) is 0 Å². The molecule has 0 aliphatic heterocycles. The summed E-state index contributed by atoms with van der Waals surface area (Å²) in [4.78, 5) is 17.3. The third kappa shape index (κ3) is 3.48. The van der Waals surface area contributed by atoms with Crippen LogP contribution in [0.15, 0.2) is 41.0 Å². The third-order valence-electron chi connectivity index (χ3n) is 2.51. The molecule has 20 heavy (non-hydrogen) atoms. The lowest BCUT2D eigenvalue weighted by Gasteiger charge is -2.10. The summed E-state index contributed by atoms with van der Waals surface area (Å²) in [6.45, 7) is 0. The minimum absolute atomic E-state index is 0.101. The van der Waals surface area contributed by atoms with Crippen molar-refractivity contribution in [2.75, 3.05) is 19.8 Å². The van der Waals surface area contributed by atoms with Crippen LogP contribution in [0.3, 0.4) is 0 Å². The number of nitrogens with zero attached hydrogens (tertiary/aromatic N) is 2. The fourth-order valence-corrected chi connectivity index (χ4v) is 2.08. The Hall–Kier alpha value is -2.08. The first-order valence-electron chi connectivity index (χ1n) is 5.87. The standard InChI is InChI=1S/C14H14BrN3O2/c1-18(2)14(19)9-3-4-13(17-8-9)20-12-6-10(15)5-11(16)7-12/h3-8H,16H2,1-2H3. The number of halogens is 1. The van der Waals surface area contributed by atoms with Gasteiger partial charge < -0.3 is 15.4 Å². The van der Waals surface area contributed by atoms with Gasteiger partial charge in [-0.15, -0.1) is 0 Å². The van der Waals surface area contributed by atoms with Crippen molar-refractivity contribution in [3.8, 4) is 11.6 Å². The lowest BCUT2D eigenvalue weighted by atomic mass is 10.2. The van der Waals surface area contributed by atoms with Crippen molar-refractivity contribution in [2.45, 2.75) is 0 Å². The Kier molecular flexibility index (Phi) is 4.24. The molecule has 0 aliphatic rings. The molecule has 2 aromatic rings. The maximum absolute atomic E-state index is 11.7. The molecule has 0 spiro atoms. The largest absolute Gasteiger partial charge is 0.439 e. The lowest BCUT2D eigenvalue weighted by Crippen LogP contribution is -2.21. The SMILES string of the molecule is CN(C)C(=O)c1ccc(Oc2cc(N)cc(Br)c2)nc1. The molecule has 1 aromatic heterocycles. The van der Waals surface area contributed by atoms with Gasteiger partial charge in [-0.05, 0) is 18.2 Å². The first-order chi connectivity index (χ1) is 9.45. The Morgan fingerprint density at radius 2 is 2.05 bits per heavy atom.